The smallest absolute Gasteiger partial charge is 0.320 e. The van der Waals surface area contributed by atoms with Gasteiger partial charge < -0.3 is 4.57 Å². The van der Waals surface area contributed by atoms with Crippen LogP contribution in [0.4, 0.5) is 13.2 Å². The van der Waals surface area contributed by atoms with Crippen molar-refractivity contribution in [3.8, 4) is 0 Å². The van der Waals surface area contributed by atoms with Crippen LogP contribution in [0.3, 0.4) is 0 Å². The maximum absolute atomic E-state index is 12.7. The monoisotopic (exact) mass is 442 g/mol. The van der Waals surface area contributed by atoms with Crippen molar-refractivity contribution < 1.29 is 18.0 Å². The molecule has 4 rings (SSSR count). The van der Waals surface area contributed by atoms with Crippen molar-refractivity contribution in [3.05, 3.63) is 98.0 Å². The van der Waals surface area contributed by atoms with Crippen LogP contribution in [0.5, 0.6) is 0 Å². The van der Waals surface area contributed by atoms with Gasteiger partial charge in [-0.3, -0.25) is 18.7 Å². The molecule has 32 heavy (non-hydrogen) atoms. The zero-order valence-electron chi connectivity index (χ0n) is 17.1. The van der Waals surface area contributed by atoms with Crippen LogP contribution in [0.2, 0.25) is 0 Å². The molecule has 2 aromatic heterocycles. The van der Waals surface area contributed by atoms with Crippen molar-refractivity contribution in [3.63, 3.8) is 0 Å². The minimum Gasteiger partial charge on any atom is -0.320 e. The minimum atomic E-state index is -4.46. The number of hydrogen-bond donors (Lipinski definition) is 0. The Morgan fingerprint density at radius 1 is 0.906 bits per heavy atom. The lowest BCUT2D eigenvalue weighted by atomic mass is 10.0. The molecule has 0 saturated heterocycles. The Morgan fingerprint density at radius 3 is 2.03 bits per heavy atom. The molecule has 0 radical (unpaired) electrons. The van der Waals surface area contributed by atoms with Gasteiger partial charge in [-0.2, -0.15) is 13.2 Å². The predicted octanol–water partition coefficient (Wildman–Crippen LogP) is 2.73. The van der Waals surface area contributed by atoms with Gasteiger partial charge in [-0.15, -0.1) is 0 Å². The largest absolute Gasteiger partial charge is 0.416 e. The highest BCUT2D eigenvalue weighted by Gasteiger charge is 2.30. The molecule has 0 N–H and O–H groups in total. The van der Waals surface area contributed by atoms with E-state index >= 15 is 0 Å². The molecule has 4 aromatic rings. The number of imidazole rings is 1. The summed E-state index contributed by atoms with van der Waals surface area (Å²) in [6, 6.07) is 10.6. The van der Waals surface area contributed by atoms with Crippen LogP contribution < -0.4 is 11.2 Å². The molecule has 0 aliphatic rings. The zero-order chi connectivity index (χ0) is 23.2. The molecule has 0 fully saturated rings. The number of rotatable bonds is 4. The van der Waals surface area contributed by atoms with E-state index in [1.54, 1.807) is 28.8 Å². The standard InChI is InChI=1S/C22H17F3N4O3/c1-27-19-17(20(31)28(2)21(27)32)29(12-26-19)11-13-3-5-14(6-4-13)18(30)15-7-9-16(10-8-15)22(23,24)25/h3-10,12H,11H2,1-2H3. The van der Waals surface area contributed by atoms with Crippen molar-refractivity contribution in [2.45, 2.75) is 12.7 Å². The lowest BCUT2D eigenvalue weighted by Crippen LogP contribution is -2.37. The second-order valence-electron chi connectivity index (χ2n) is 7.35. The van der Waals surface area contributed by atoms with Gasteiger partial charge in [0, 0.05) is 31.8 Å². The second-order valence-corrected chi connectivity index (χ2v) is 7.35. The summed E-state index contributed by atoms with van der Waals surface area (Å²) in [7, 11) is 2.92. The fraction of sp³-hybridized carbons (Fsp3) is 0.182. The van der Waals surface area contributed by atoms with Crippen molar-refractivity contribution in [2.75, 3.05) is 0 Å². The molecule has 0 spiro atoms. The first-order valence-corrected chi connectivity index (χ1v) is 9.49. The Labute approximate surface area is 179 Å². The van der Waals surface area contributed by atoms with Gasteiger partial charge >= 0.3 is 11.9 Å². The summed E-state index contributed by atoms with van der Waals surface area (Å²) < 4.78 is 42.0. The van der Waals surface area contributed by atoms with Gasteiger partial charge in [-0.25, -0.2) is 9.78 Å². The maximum Gasteiger partial charge on any atom is 0.416 e. The number of carbonyl (C=O) groups excluding carboxylic acids is 1. The van der Waals surface area contributed by atoms with Crippen LogP contribution in [0, 0.1) is 0 Å². The number of nitrogens with zero attached hydrogens (tertiary/aromatic N) is 4. The fourth-order valence-electron chi connectivity index (χ4n) is 3.45. The summed E-state index contributed by atoms with van der Waals surface area (Å²) in [5, 5.41) is 0. The van der Waals surface area contributed by atoms with E-state index in [1.165, 1.54) is 25.0 Å². The summed E-state index contributed by atoms with van der Waals surface area (Å²) in [6.07, 6.45) is -3.00. The van der Waals surface area contributed by atoms with E-state index in [0.29, 0.717) is 5.56 Å². The number of alkyl halides is 3. The molecule has 2 aromatic carbocycles. The number of ketones is 1. The van der Waals surface area contributed by atoms with Gasteiger partial charge in [0.1, 0.15) is 0 Å². The third kappa shape index (κ3) is 3.64. The number of aromatic nitrogens is 4. The van der Waals surface area contributed by atoms with E-state index in [4.69, 9.17) is 0 Å². The Kier molecular flexibility index (Phi) is 5.08. The summed E-state index contributed by atoms with van der Waals surface area (Å²) in [4.78, 5) is 41.3. The second kappa shape index (κ2) is 7.63. The highest BCUT2D eigenvalue weighted by Crippen LogP contribution is 2.29. The summed E-state index contributed by atoms with van der Waals surface area (Å²) in [5.41, 5.74) is 0.0307. The quantitative estimate of drug-likeness (QED) is 0.456. The van der Waals surface area contributed by atoms with Gasteiger partial charge in [0.15, 0.2) is 16.9 Å². The number of aryl methyl sites for hydroxylation is 1. The normalized spacial score (nSPS) is 11.8. The number of halogens is 3. The molecule has 7 nitrogen and oxygen atoms in total. The number of benzene rings is 2. The molecule has 0 bridgehead atoms. The van der Waals surface area contributed by atoms with Crippen molar-refractivity contribution in [1.82, 2.24) is 18.7 Å². The first kappa shape index (κ1) is 21.3. The Hall–Kier alpha value is -3.95. The number of carbonyl (C=O) groups is 1. The maximum atomic E-state index is 12.7. The number of hydrogen-bond acceptors (Lipinski definition) is 4. The molecule has 0 aliphatic carbocycles. The molecule has 0 unspecified atom stereocenters. The van der Waals surface area contributed by atoms with Gasteiger partial charge in [0.25, 0.3) is 5.56 Å². The van der Waals surface area contributed by atoms with Gasteiger partial charge in [0.2, 0.25) is 0 Å². The van der Waals surface area contributed by atoms with Crippen LogP contribution in [0.25, 0.3) is 11.2 Å². The fourth-order valence-corrected chi connectivity index (χ4v) is 3.45. The van der Waals surface area contributed by atoms with Crippen molar-refractivity contribution in [2.24, 2.45) is 14.1 Å². The lowest BCUT2D eigenvalue weighted by molar-refractivity contribution is -0.137. The molecular weight excluding hydrogens is 425 g/mol. The molecule has 164 valence electrons. The molecule has 0 aliphatic heterocycles. The van der Waals surface area contributed by atoms with E-state index < -0.39 is 28.8 Å². The summed E-state index contributed by atoms with van der Waals surface area (Å²) in [5.74, 6) is -0.401. The summed E-state index contributed by atoms with van der Waals surface area (Å²) >= 11 is 0. The molecular formula is C22H17F3N4O3. The van der Waals surface area contributed by atoms with E-state index in [2.05, 4.69) is 4.98 Å². The summed E-state index contributed by atoms with van der Waals surface area (Å²) in [6.45, 7) is 0.276. The van der Waals surface area contributed by atoms with Crippen LogP contribution in [0.15, 0.2) is 64.4 Å². The SMILES string of the molecule is Cn1c(=O)c2c(ncn2Cc2ccc(C(=O)c3ccc(C(F)(F)F)cc3)cc2)n(C)c1=O. The predicted molar refractivity (Wildman–Crippen MR) is 111 cm³/mol. The number of fused-ring (bicyclic) bond motifs is 1. The molecule has 2 heterocycles. The van der Waals surface area contributed by atoms with Gasteiger partial charge in [-0.05, 0) is 17.7 Å². The zero-order valence-corrected chi connectivity index (χ0v) is 17.1. The average molecular weight is 442 g/mol. The van der Waals surface area contributed by atoms with Gasteiger partial charge in [-0.1, -0.05) is 36.4 Å². The lowest BCUT2D eigenvalue weighted by Gasteiger charge is -2.09. The topological polar surface area (TPSA) is 78.9 Å². The van der Waals surface area contributed by atoms with Crippen LogP contribution in [-0.4, -0.2) is 24.5 Å². The van der Waals surface area contributed by atoms with E-state index in [9.17, 15) is 27.6 Å². The highest BCUT2D eigenvalue weighted by atomic mass is 19.4. The van der Waals surface area contributed by atoms with Crippen molar-refractivity contribution >= 4 is 16.9 Å². The van der Waals surface area contributed by atoms with Gasteiger partial charge in [0.05, 0.1) is 11.9 Å². The van der Waals surface area contributed by atoms with E-state index in [-0.39, 0.29) is 23.3 Å². The minimum absolute atomic E-state index is 0.149. The van der Waals surface area contributed by atoms with Crippen LogP contribution >= 0.6 is 0 Å². The molecule has 10 heteroatoms. The Morgan fingerprint density at radius 2 is 1.47 bits per heavy atom. The molecule has 0 saturated carbocycles. The Balaban J connectivity index is 1.59. The molecule has 0 amide bonds. The van der Waals surface area contributed by atoms with E-state index in [0.717, 1.165) is 34.4 Å². The van der Waals surface area contributed by atoms with Crippen molar-refractivity contribution in [1.29, 1.82) is 0 Å². The van der Waals surface area contributed by atoms with Crippen LogP contribution in [0.1, 0.15) is 27.0 Å². The average Bonchev–Trinajstić information content (AvgIpc) is 3.19. The van der Waals surface area contributed by atoms with E-state index in [1.807, 2.05) is 0 Å². The van der Waals surface area contributed by atoms with Crippen LogP contribution in [-0.2, 0) is 26.8 Å². The third-order valence-electron chi connectivity index (χ3n) is 5.26. The third-order valence-corrected chi connectivity index (χ3v) is 5.26. The Bertz CT molecular complexity index is 1440. The first-order valence-electron chi connectivity index (χ1n) is 9.49. The highest BCUT2D eigenvalue weighted by molar-refractivity contribution is 6.09. The molecule has 0 atom stereocenters. The first-order chi connectivity index (χ1) is 15.1.